The van der Waals surface area contributed by atoms with Crippen molar-refractivity contribution in [1.82, 2.24) is 4.98 Å². The molecule has 4 N–H and O–H groups in total. The second-order valence-corrected chi connectivity index (χ2v) is 3.99. The van der Waals surface area contributed by atoms with Crippen LogP contribution in [0.5, 0.6) is 0 Å². The molecule has 0 aliphatic rings. The fourth-order valence-corrected chi connectivity index (χ4v) is 2.10. The maximum absolute atomic E-state index is 5.65. The van der Waals surface area contributed by atoms with E-state index in [-0.39, 0.29) is 0 Å². The van der Waals surface area contributed by atoms with Crippen molar-refractivity contribution >= 4 is 16.5 Å². The van der Waals surface area contributed by atoms with Gasteiger partial charge in [-0.15, -0.1) is 0 Å². The van der Waals surface area contributed by atoms with Crippen LogP contribution >= 0.6 is 11.3 Å². The summed E-state index contributed by atoms with van der Waals surface area (Å²) in [5.41, 5.74) is 13.5. The first-order chi connectivity index (χ1) is 6.81. The van der Waals surface area contributed by atoms with E-state index in [1.165, 1.54) is 11.3 Å². The summed E-state index contributed by atoms with van der Waals surface area (Å²) in [5.74, 6) is 0. The quantitative estimate of drug-likeness (QED) is 0.786. The number of nitrogens with two attached hydrogens (primary N) is 2. The van der Waals surface area contributed by atoms with E-state index < -0.39 is 0 Å². The summed E-state index contributed by atoms with van der Waals surface area (Å²) in [6.45, 7) is 0.536. The van der Waals surface area contributed by atoms with Crippen molar-refractivity contribution in [2.24, 2.45) is 5.73 Å². The second kappa shape index (κ2) is 3.77. The molecule has 14 heavy (non-hydrogen) atoms. The maximum atomic E-state index is 5.65. The lowest BCUT2D eigenvalue weighted by molar-refractivity contribution is 1.07. The molecule has 0 aliphatic heterocycles. The average molecular weight is 205 g/mol. The molecule has 2 aromatic rings. The van der Waals surface area contributed by atoms with Gasteiger partial charge in [0.1, 0.15) is 0 Å². The molecule has 72 valence electrons. The molecule has 0 aliphatic carbocycles. The molecule has 1 aromatic carbocycles. The summed E-state index contributed by atoms with van der Waals surface area (Å²) in [4.78, 5) is 5.10. The summed E-state index contributed by atoms with van der Waals surface area (Å²) < 4.78 is 0. The predicted octanol–water partition coefficient (Wildman–Crippen LogP) is 1.85. The summed E-state index contributed by atoms with van der Waals surface area (Å²) in [6, 6.07) is 8.03. The molecule has 0 bridgehead atoms. The summed E-state index contributed by atoms with van der Waals surface area (Å²) in [7, 11) is 0. The van der Waals surface area contributed by atoms with Crippen LogP contribution < -0.4 is 11.5 Å². The largest absolute Gasteiger partial charge is 0.375 e. The number of benzene rings is 1. The van der Waals surface area contributed by atoms with Gasteiger partial charge in [-0.2, -0.15) is 0 Å². The molecule has 1 heterocycles. The predicted molar refractivity (Wildman–Crippen MR) is 59.9 cm³/mol. The van der Waals surface area contributed by atoms with Crippen molar-refractivity contribution in [3.05, 3.63) is 36.0 Å². The molecule has 0 radical (unpaired) electrons. The lowest BCUT2D eigenvalue weighted by Crippen LogP contribution is -1.97. The standard InChI is InChI=1S/C10H11N3S/c11-5-7-3-1-2-4-8(7)9-6-13-10(12)14-9/h1-4,6H,5,11H2,(H2,12,13). The minimum Gasteiger partial charge on any atom is -0.375 e. The van der Waals surface area contributed by atoms with Gasteiger partial charge in [0.25, 0.3) is 0 Å². The normalized spacial score (nSPS) is 10.4. The zero-order chi connectivity index (χ0) is 9.97. The molecular weight excluding hydrogens is 194 g/mol. The van der Waals surface area contributed by atoms with Crippen LogP contribution in [0.3, 0.4) is 0 Å². The number of aromatic nitrogens is 1. The Kier molecular flexibility index (Phi) is 2.47. The monoisotopic (exact) mass is 205 g/mol. The highest BCUT2D eigenvalue weighted by Crippen LogP contribution is 2.29. The van der Waals surface area contributed by atoms with Crippen LogP contribution in [0, 0.1) is 0 Å². The van der Waals surface area contributed by atoms with Crippen molar-refractivity contribution in [3.63, 3.8) is 0 Å². The van der Waals surface area contributed by atoms with E-state index in [0.29, 0.717) is 11.7 Å². The molecule has 1 aromatic heterocycles. The van der Waals surface area contributed by atoms with Crippen LogP contribution in [0.4, 0.5) is 5.13 Å². The van der Waals surface area contributed by atoms with Crippen LogP contribution in [-0.4, -0.2) is 4.98 Å². The van der Waals surface area contributed by atoms with Gasteiger partial charge in [0.05, 0.1) is 4.88 Å². The van der Waals surface area contributed by atoms with Gasteiger partial charge in [0, 0.05) is 12.7 Å². The van der Waals surface area contributed by atoms with Crippen molar-refractivity contribution in [1.29, 1.82) is 0 Å². The van der Waals surface area contributed by atoms with E-state index in [0.717, 1.165) is 16.0 Å². The molecular formula is C10H11N3S. The van der Waals surface area contributed by atoms with Crippen molar-refractivity contribution in [2.45, 2.75) is 6.54 Å². The van der Waals surface area contributed by atoms with Gasteiger partial charge in [-0.25, -0.2) is 4.98 Å². The molecule has 2 rings (SSSR count). The number of nitrogen functional groups attached to an aromatic ring is 1. The first-order valence-electron chi connectivity index (χ1n) is 4.31. The summed E-state index contributed by atoms with van der Waals surface area (Å²) in [5, 5.41) is 0.590. The molecule has 0 amide bonds. The van der Waals surface area contributed by atoms with Crippen LogP contribution in [-0.2, 0) is 6.54 Å². The van der Waals surface area contributed by atoms with Crippen molar-refractivity contribution < 1.29 is 0 Å². The Labute approximate surface area is 86.4 Å². The fraction of sp³-hybridized carbons (Fsp3) is 0.100. The molecule has 0 unspecified atom stereocenters. The molecule has 0 atom stereocenters. The zero-order valence-corrected chi connectivity index (χ0v) is 8.42. The van der Waals surface area contributed by atoms with Crippen molar-refractivity contribution in [3.8, 4) is 10.4 Å². The first-order valence-corrected chi connectivity index (χ1v) is 5.12. The van der Waals surface area contributed by atoms with Crippen LogP contribution in [0.15, 0.2) is 30.5 Å². The SMILES string of the molecule is NCc1ccccc1-c1cnc(N)s1. The molecule has 0 saturated carbocycles. The van der Waals surface area contributed by atoms with Crippen LogP contribution in [0.1, 0.15) is 5.56 Å². The maximum Gasteiger partial charge on any atom is 0.180 e. The minimum atomic E-state index is 0.536. The number of hydrogen-bond donors (Lipinski definition) is 2. The number of nitrogens with zero attached hydrogens (tertiary/aromatic N) is 1. The Morgan fingerprint density at radius 3 is 2.71 bits per heavy atom. The van der Waals surface area contributed by atoms with Crippen molar-refractivity contribution in [2.75, 3.05) is 5.73 Å². The Bertz CT molecular complexity index is 436. The Hall–Kier alpha value is -1.39. The summed E-state index contributed by atoms with van der Waals surface area (Å²) in [6.07, 6.45) is 1.79. The average Bonchev–Trinajstić information content (AvgIpc) is 2.65. The first kappa shape index (κ1) is 9.18. The Balaban J connectivity index is 2.50. The number of rotatable bonds is 2. The lowest BCUT2D eigenvalue weighted by atomic mass is 10.1. The number of hydrogen-bond acceptors (Lipinski definition) is 4. The third kappa shape index (κ3) is 1.62. The highest BCUT2D eigenvalue weighted by Gasteiger charge is 2.05. The molecule has 0 saturated heterocycles. The third-order valence-corrected chi connectivity index (χ3v) is 2.89. The van der Waals surface area contributed by atoms with Crippen LogP contribution in [0.2, 0.25) is 0 Å². The van der Waals surface area contributed by atoms with Gasteiger partial charge in [-0.1, -0.05) is 35.6 Å². The van der Waals surface area contributed by atoms with Gasteiger partial charge >= 0.3 is 0 Å². The highest BCUT2D eigenvalue weighted by atomic mass is 32.1. The van der Waals surface area contributed by atoms with Crippen LogP contribution in [0.25, 0.3) is 10.4 Å². The minimum absolute atomic E-state index is 0.536. The van der Waals surface area contributed by atoms with Gasteiger partial charge < -0.3 is 11.5 Å². The highest BCUT2D eigenvalue weighted by molar-refractivity contribution is 7.18. The van der Waals surface area contributed by atoms with E-state index in [2.05, 4.69) is 4.98 Å². The number of anilines is 1. The Morgan fingerprint density at radius 2 is 2.07 bits per heavy atom. The van der Waals surface area contributed by atoms with E-state index in [1.807, 2.05) is 24.3 Å². The van der Waals surface area contributed by atoms with Gasteiger partial charge in [-0.3, -0.25) is 0 Å². The van der Waals surface area contributed by atoms with Gasteiger partial charge in [-0.05, 0) is 11.1 Å². The second-order valence-electron chi connectivity index (χ2n) is 2.92. The zero-order valence-electron chi connectivity index (χ0n) is 7.60. The topological polar surface area (TPSA) is 64.9 Å². The Morgan fingerprint density at radius 1 is 1.29 bits per heavy atom. The van der Waals surface area contributed by atoms with E-state index in [4.69, 9.17) is 11.5 Å². The van der Waals surface area contributed by atoms with E-state index >= 15 is 0 Å². The van der Waals surface area contributed by atoms with E-state index in [1.54, 1.807) is 6.20 Å². The molecule has 0 fully saturated rings. The van der Waals surface area contributed by atoms with E-state index in [9.17, 15) is 0 Å². The number of thiazole rings is 1. The van der Waals surface area contributed by atoms with Gasteiger partial charge in [0.2, 0.25) is 0 Å². The third-order valence-electron chi connectivity index (χ3n) is 2.03. The lowest BCUT2D eigenvalue weighted by Gasteiger charge is -2.03. The van der Waals surface area contributed by atoms with Gasteiger partial charge in [0.15, 0.2) is 5.13 Å². The fourth-order valence-electron chi connectivity index (χ4n) is 1.35. The molecule has 4 heteroatoms. The molecule has 3 nitrogen and oxygen atoms in total. The smallest absolute Gasteiger partial charge is 0.180 e. The summed E-state index contributed by atoms with van der Waals surface area (Å²) >= 11 is 1.48. The molecule has 0 spiro atoms.